The molecule has 4 rings (SSSR count). The van der Waals surface area contributed by atoms with Crippen LogP contribution in [0.25, 0.3) is 0 Å². The fourth-order valence-corrected chi connectivity index (χ4v) is 3.97. The Labute approximate surface area is 181 Å². The number of ether oxygens (including phenoxy) is 1. The van der Waals surface area contributed by atoms with Crippen LogP contribution in [-0.2, 0) is 11.3 Å². The lowest BCUT2D eigenvalue weighted by Gasteiger charge is -2.25. The van der Waals surface area contributed by atoms with Crippen LogP contribution < -0.4 is 9.64 Å². The van der Waals surface area contributed by atoms with Crippen LogP contribution >= 0.6 is 0 Å². The smallest absolute Gasteiger partial charge is 0.422 e. The van der Waals surface area contributed by atoms with Crippen LogP contribution in [0.4, 0.5) is 19.0 Å². The average Bonchev–Trinajstić information content (AvgIpc) is 3.24. The molecule has 0 spiro atoms. The molecule has 2 aromatic heterocycles. The van der Waals surface area contributed by atoms with Gasteiger partial charge in [-0.1, -0.05) is 0 Å². The minimum absolute atomic E-state index is 0.00706. The number of hydrogen-bond donors (Lipinski definition) is 1. The first-order chi connectivity index (χ1) is 15.0. The second-order valence-corrected chi connectivity index (χ2v) is 7.93. The van der Waals surface area contributed by atoms with E-state index >= 15 is 0 Å². The maximum Gasteiger partial charge on any atom is 0.422 e. The van der Waals surface area contributed by atoms with Crippen molar-refractivity contribution in [3.05, 3.63) is 46.8 Å². The molecular weight excluding hydrogens is 429 g/mol. The molecule has 1 saturated heterocycles. The number of nitrogens with zero attached hydrogens (tertiary/aromatic N) is 4. The number of anilines is 1. The first kappa shape index (κ1) is 22.0. The maximum absolute atomic E-state index is 13.1. The van der Waals surface area contributed by atoms with E-state index in [2.05, 4.69) is 9.97 Å². The van der Waals surface area contributed by atoms with Gasteiger partial charge in [-0.2, -0.15) is 13.2 Å². The SMILES string of the molecule is Cc1cc(C(C)N2Cc3c(ccnc3N3C[C@H](O)CC3=O)C2=O)cnc1OCC(F)(F)F. The summed E-state index contributed by atoms with van der Waals surface area (Å²) in [6, 6.07) is 2.78. The molecule has 4 heterocycles. The number of aryl methyl sites for hydroxylation is 1. The van der Waals surface area contributed by atoms with Gasteiger partial charge in [-0.3, -0.25) is 14.5 Å². The molecule has 170 valence electrons. The highest BCUT2D eigenvalue weighted by Gasteiger charge is 2.38. The summed E-state index contributed by atoms with van der Waals surface area (Å²) in [4.78, 5) is 36.5. The summed E-state index contributed by atoms with van der Waals surface area (Å²) in [5, 5.41) is 9.80. The summed E-state index contributed by atoms with van der Waals surface area (Å²) < 4.78 is 42.0. The van der Waals surface area contributed by atoms with E-state index in [0.29, 0.717) is 28.1 Å². The van der Waals surface area contributed by atoms with Gasteiger partial charge >= 0.3 is 6.18 Å². The summed E-state index contributed by atoms with van der Waals surface area (Å²) in [6.45, 7) is 2.25. The second-order valence-electron chi connectivity index (χ2n) is 7.93. The van der Waals surface area contributed by atoms with Gasteiger partial charge in [-0.25, -0.2) is 9.97 Å². The van der Waals surface area contributed by atoms with Crippen LogP contribution in [0.1, 0.15) is 46.4 Å². The molecule has 0 radical (unpaired) electrons. The lowest BCUT2D eigenvalue weighted by atomic mass is 10.1. The number of pyridine rings is 2. The van der Waals surface area contributed by atoms with E-state index in [0.717, 1.165) is 0 Å². The fourth-order valence-electron chi connectivity index (χ4n) is 3.97. The van der Waals surface area contributed by atoms with E-state index in [-0.39, 0.29) is 37.2 Å². The molecule has 8 nitrogen and oxygen atoms in total. The van der Waals surface area contributed by atoms with Gasteiger partial charge in [-0.15, -0.1) is 0 Å². The highest BCUT2D eigenvalue weighted by atomic mass is 19.4. The second kappa shape index (κ2) is 8.05. The third-order valence-electron chi connectivity index (χ3n) is 5.59. The van der Waals surface area contributed by atoms with Crippen LogP contribution in [0.5, 0.6) is 5.88 Å². The van der Waals surface area contributed by atoms with E-state index in [4.69, 9.17) is 4.74 Å². The molecule has 2 aliphatic heterocycles. The summed E-state index contributed by atoms with van der Waals surface area (Å²) in [7, 11) is 0. The van der Waals surface area contributed by atoms with Crippen molar-refractivity contribution in [1.82, 2.24) is 14.9 Å². The average molecular weight is 450 g/mol. The number of aliphatic hydroxyl groups is 1. The van der Waals surface area contributed by atoms with Crippen molar-refractivity contribution in [3.63, 3.8) is 0 Å². The van der Waals surface area contributed by atoms with Crippen LogP contribution in [0.15, 0.2) is 24.5 Å². The first-order valence-corrected chi connectivity index (χ1v) is 9.98. The molecule has 0 bridgehead atoms. The van der Waals surface area contributed by atoms with Crippen molar-refractivity contribution >= 4 is 17.6 Å². The molecule has 2 aromatic rings. The number of β-amino-alcohol motifs (C(OH)–C–C–N with tert-alkyl or cyclic N) is 1. The van der Waals surface area contributed by atoms with Crippen molar-refractivity contribution in [2.75, 3.05) is 18.1 Å². The Hall–Kier alpha value is -3.21. The van der Waals surface area contributed by atoms with E-state index < -0.39 is 24.9 Å². The highest BCUT2D eigenvalue weighted by molar-refractivity contribution is 6.02. The molecule has 1 N–H and O–H groups in total. The summed E-state index contributed by atoms with van der Waals surface area (Å²) in [6.07, 6.45) is -2.39. The van der Waals surface area contributed by atoms with E-state index in [9.17, 15) is 27.9 Å². The van der Waals surface area contributed by atoms with Crippen LogP contribution in [-0.4, -0.2) is 57.2 Å². The maximum atomic E-state index is 13.1. The molecular formula is C21H21F3N4O4. The van der Waals surface area contributed by atoms with Gasteiger partial charge in [0.1, 0.15) is 5.82 Å². The number of carbonyl (C=O) groups is 2. The first-order valence-electron chi connectivity index (χ1n) is 9.98. The molecule has 0 saturated carbocycles. The minimum Gasteiger partial charge on any atom is -0.468 e. The van der Waals surface area contributed by atoms with Gasteiger partial charge in [0.05, 0.1) is 31.7 Å². The minimum atomic E-state index is -4.47. The lowest BCUT2D eigenvalue weighted by molar-refractivity contribution is -0.154. The van der Waals surface area contributed by atoms with Crippen molar-refractivity contribution in [2.45, 2.75) is 45.1 Å². The normalized spacial score (nSPS) is 19.5. The zero-order valence-electron chi connectivity index (χ0n) is 17.4. The van der Waals surface area contributed by atoms with Gasteiger partial charge in [0.2, 0.25) is 11.8 Å². The third-order valence-corrected chi connectivity index (χ3v) is 5.59. The third kappa shape index (κ3) is 4.12. The van der Waals surface area contributed by atoms with Crippen molar-refractivity contribution < 1.29 is 32.6 Å². The van der Waals surface area contributed by atoms with Gasteiger partial charge in [0.25, 0.3) is 5.91 Å². The fraction of sp³-hybridized carbons (Fsp3) is 0.429. The van der Waals surface area contributed by atoms with Gasteiger partial charge in [0, 0.05) is 29.1 Å². The number of aliphatic hydroxyl groups excluding tert-OH is 1. The molecule has 2 amide bonds. The zero-order chi connectivity index (χ0) is 23.2. The summed E-state index contributed by atoms with van der Waals surface area (Å²) in [5.74, 6) is -0.269. The van der Waals surface area contributed by atoms with Crippen molar-refractivity contribution in [3.8, 4) is 5.88 Å². The predicted molar refractivity (Wildman–Crippen MR) is 106 cm³/mol. The van der Waals surface area contributed by atoms with E-state index in [1.165, 1.54) is 17.3 Å². The van der Waals surface area contributed by atoms with E-state index in [1.54, 1.807) is 30.9 Å². The number of amides is 2. The van der Waals surface area contributed by atoms with Gasteiger partial charge in [0.15, 0.2) is 6.61 Å². The number of aromatic nitrogens is 2. The number of halogens is 3. The summed E-state index contributed by atoms with van der Waals surface area (Å²) in [5.41, 5.74) is 2.07. The number of rotatable bonds is 5. The molecule has 0 aliphatic carbocycles. The Bertz CT molecular complexity index is 1080. The van der Waals surface area contributed by atoms with Gasteiger partial charge in [-0.05, 0) is 31.5 Å². The Morgan fingerprint density at radius 3 is 2.69 bits per heavy atom. The van der Waals surface area contributed by atoms with Crippen molar-refractivity contribution in [2.24, 2.45) is 0 Å². The Morgan fingerprint density at radius 1 is 1.31 bits per heavy atom. The molecule has 11 heteroatoms. The monoisotopic (exact) mass is 450 g/mol. The Kier molecular flexibility index (Phi) is 5.53. The van der Waals surface area contributed by atoms with Crippen LogP contribution in [0.2, 0.25) is 0 Å². The Morgan fingerprint density at radius 2 is 2.06 bits per heavy atom. The molecule has 1 fully saturated rings. The zero-order valence-corrected chi connectivity index (χ0v) is 17.4. The van der Waals surface area contributed by atoms with Gasteiger partial charge < -0.3 is 14.7 Å². The topological polar surface area (TPSA) is 95.9 Å². The predicted octanol–water partition coefficient (Wildman–Crippen LogP) is 2.54. The largest absolute Gasteiger partial charge is 0.468 e. The molecule has 32 heavy (non-hydrogen) atoms. The quantitative estimate of drug-likeness (QED) is 0.752. The number of carbonyl (C=O) groups excluding carboxylic acids is 2. The Balaban J connectivity index is 1.56. The van der Waals surface area contributed by atoms with Crippen molar-refractivity contribution in [1.29, 1.82) is 0 Å². The molecule has 0 aromatic carbocycles. The molecule has 2 atom stereocenters. The lowest BCUT2D eigenvalue weighted by Crippen LogP contribution is -2.28. The molecule has 1 unspecified atom stereocenters. The van der Waals surface area contributed by atoms with E-state index in [1.807, 2.05) is 0 Å². The highest BCUT2D eigenvalue weighted by Crippen LogP contribution is 2.36. The standard InChI is InChI=1S/C21H21F3N4O4/c1-11-5-13(7-26-19(11)32-10-21(22,23)24)12(2)27-9-16-15(20(27)31)3-4-25-18(16)28-8-14(29)6-17(28)30/h3-5,7,12,14,29H,6,8-10H2,1-2H3/t12?,14-/m1/s1. The summed E-state index contributed by atoms with van der Waals surface area (Å²) >= 11 is 0. The number of hydrogen-bond acceptors (Lipinski definition) is 6. The number of alkyl halides is 3. The van der Waals surface area contributed by atoms with Crippen LogP contribution in [0.3, 0.4) is 0 Å². The number of fused-ring (bicyclic) bond motifs is 1. The van der Waals surface area contributed by atoms with Crippen LogP contribution in [0, 0.1) is 6.92 Å². The molecule has 2 aliphatic rings.